The Morgan fingerprint density at radius 1 is 1.46 bits per heavy atom. The highest BCUT2D eigenvalue weighted by Gasteiger charge is 2.34. The number of carbonyl (C=O) groups is 3. The third-order valence-corrected chi connectivity index (χ3v) is 1.83. The van der Waals surface area contributed by atoms with E-state index in [0.717, 1.165) is 17.1 Å². The Hall–Kier alpha value is -1.65. The van der Waals surface area contributed by atoms with E-state index in [2.05, 4.69) is 0 Å². The van der Waals surface area contributed by atoms with Gasteiger partial charge >= 0.3 is 5.97 Å². The number of nitrogens with zero attached hydrogens (tertiary/aromatic N) is 1. The van der Waals surface area contributed by atoms with Gasteiger partial charge in [-0.25, -0.2) is 4.79 Å². The summed E-state index contributed by atoms with van der Waals surface area (Å²) in [5, 5.41) is 8.70. The van der Waals surface area contributed by atoms with Crippen LogP contribution in [0.15, 0.2) is 12.2 Å². The molecule has 0 saturated heterocycles. The van der Waals surface area contributed by atoms with Gasteiger partial charge in [-0.2, -0.15) is 0 Å². The SMILES string of the molecule is CCC(C(=O)O)N1C(=O)C=CC1=O. The second-order valence-electron chi connectivity index (χ2n) is 2.64. The molecule has 2 amide bonds. The van der Waals surface area contributed by atoms with E-state index in [1.807, 2.05) is 0 Å². The van der Waals surface area contributed by atoms with Gasteiger partial charge in [0, 0.05) is 12.2 Å². The topological polar surface area (TPSA) is 74.7 Å². The molecule has 70 valence electrons. The normalized spacial score (nSPS) is 18.1. The number of amides is 2. The molecule has 0 radical (unpaired) electrons. The Bertz CT molecular complexity index is 277. The molecule has 1 aliphatic rings. The van der Waals surface area contributed by atoms with E-state index in [1.54, 1.807) is 6.92 Å². The number of aliphatic carboxylic acids is 1. The van der Waals surface area contributed by atoms with Crippen molar-refractivity contribution in [2.45, 2.75) is 19.4 Å². The number of carboxylic acid groups (broad SMARTS) is 1. The summed E-state index contributed by atoms with van der Waals surface area (Å²) < 4.78 is 0. The highest BCUT2D eigenvalue weighted by molar-refractivity contribution is 6.14. The summed E-state index contributed by atoms with van der Waals surface area (Å²) >= 11 is 0. The van der Waals surface area contributed by atoms with Gasteiger partial charge < -0.3 is 5.11 Å². The summed E-state index contributed by atoms with van der Waals surface area (Å²) in [7, 11) is 0. The zero-order chi connectivity index (χ0) is 10.0. The number of imide groups is 1. The Balaban J connectivity index is 2.87. The number of carboxylic acids is 1. The van der Waals surface area contributed by atoms with Crippen molar-refractivity contribution < 1.29 is 19.5 Å². The molecule has 0 aromatic carbocycles. The van der Waals surface area contributed by atoms with Gasteiger partial charge in [0.25, 0.3) is 11.8 Å². The van der Waals surface area contributed by atoms with E-state index >= 15 is 0 Å². The molecule has 0 aromatic rings. The first-order valence-electron chi connectivity index (χ1n) is 3.86. The van der Waals surface area contributed by atoms with Crippen LogP contribution in [0.3, 0.4) is 0 Å². The number of hydrogen-bond donors (Lipinski definition) is 1. The Morgan fingerprint density at radius 3 is 2.23 bits per heavy atom. The van der Waals surface area contributed by atoms with Crippen LogP contribution in [0.5, 0.6) is 0 Å². The summed E-state index contributed by atoms with van der Waals surface area (Å²) in [5.74, 6) is -2.27. The van der Waals surface area contributed by atoms with Crippen LogP contribution in [0, 0.1) is 0 Å². The van der Waals surface area contributed by atoms with Crippen molar-refractivity contribution in [3.8, 4) is 0 Å². The van der Waals surface area contributed by atoms with Crippen LogP contribution in [0.1, 0.15) is 13.3 Å². The maximum atomic E-state index is 11.0. The smallest absolute Gasteiger partial charge is 0.326 e. The van der Waals surface area contributed by atoms with E-state index in [4.69, 9.17) is 5.11 Å². The monoisotopic (exact) mass is 183 g/mol. The lowest BCUT2D eigenvalue weighted by Gasteiger charge is -2.20. The second-order valence-corrected chi connectivity index (χ2v) is 2.64. The predicted molar refractivity (Wildman–Crippen MR) is 42.7 cm³/mol. The molecule has 5 heteroatoms. The second kappa shape index (κ2) is 3.38. The molecule has 1 rings (SSSR count). The van der Waals surface area contributed by atoms with Gasteiger partial charge in [-0.05, 0) is 6.42 Å². The largest absolute Gasteiger partial charge is 0.480 e. The molecule has 0 spiro atoms. The zero-order valence-corrected chi connectivity index (χ0v) is 7.06. The lowest BCUT2D eigenvalue weighted by Crippen LogP contribution is -2.44. The quantitative estimate of drug-likeness (QED) is 0.613. The van der Waals surface area contributed by atoms with Crippen LogP contribution >= 0.6 is 0 Å². The van der Waals surface area contributed by atoms with Crippen molar-refractivity contribution in [1.82, 2.24) is 4.90 Å². The van der Waals surface area contributed by atoms with Gasteiger partial charge in [0.15, 0.2) is 0 Å². The van der Waals surface area contributed by atoms with Gasteiger partial charge in [-0.15, -0.1) is 0 Å². The summed E-state index contributed by atoms with van der Waals surface area (Å²) in [6.45, 7) is 1.61. The lowest BCUT2D eigenvalue weighted by molar-refractivity contribution is -0.153. The minimum absolute atomic E-state index is 0.217. The van der Waals surface area contributed by atoms with Crippen LogP contribution in [0.2, 0.25) is 0 Å². The summed E-state index contributed by atoms with van der Waals surface area (Å²) in [6.07, 6.45) is 2.37. The molecule has 1 unspecified atom stereocenters. The van der Waals surface area contributed by atoms with Crippen molar-refractivity contribution in [2.75, 3.05) is 0 Å². The molecular weight excluding hydrogens is 174 g/mol. The predicted octanol–water partition coefficient (Wildman–Crippen LogP) is -0.225. The fourth-order valence-electron chi connectivity index (χ4n) is 1.19. The van der Waals surface area contributed by atoms with Crippen molar-refractivity contribution >= 4 is 17.8 Å². The Labute approximate surface area is 74.6 Å². The fraction of sp³-hybridized carbons (Fsp3) is 0.375. The minimum atomic E-state index is -1.16. The number of carbonyl (C=O) groups excluding carboxylic acids is 2. The van der Waals surface area contributed by atoms with E-state index in [0.29, 0.717) is 0 Å². The number of rotatable bonds is 3. The Morgan fingerprint density at radius 2 is 1.92 bits per heavy atom. The summed E-state index contributed by atoms with van der Waals surface area (Å²) in [4.78, 5) is 33.5. The summed E-state index contributed by atoms with van der Waals surface area (Å²) in [6, 6.07) is -1.05. The Kier molecular flexibility index (Phi) is 2.46. The van der Waals surface area contributed by atoms with Gasteiger partial charge in [-0.1, -0.05) is 6.92 Å². The first-order chi connectivity index (χ1) is 6.07. The molecule has 0 aromatic heterocycles. The highest BCUT2D eigenvalue weighted by atomic mass is 16.4. The van der Waals surface area contributed by atoms with Crippen LogP contribution in [-0.4, -0.2) is 33.8 Å². The summed E-state index contributed by atoms with van der Waals surface area (Å²) in [5.41, 5.74) is 0. The highest BCUT2D eigenvalue weighted by Crippen LogP contribution is 2.11. The maximum Gasteiger partial charge on any atom is 0.326 e. The first-order valence-corrected chi connectivity index (χ1v) is 3.86. The number of hydrogen-bond acceptors (Lipinski definition) is 3. The van der Waals surface area contributed by atoms with E-state index in [9.17, 15) is 14.4 Å². The molecule has 0 fully saturated rings. The van der Waals surface area contributed by atoms with Crippen LogP contribution < -0.4 is 0 Å². The third kappa shape index (κ3) is 1.58. The maximum absolute atomic E-state index is 11.0. The average Bonchev–Trinajstić information content (AvgIpc) is 2.36. The van der Waals surface area contributed by atoms with E-state index in [1.165, 1.54) is 0 Å². The molecule has 1 aliphatic heterocycles. The third-order valence-electron chi connectivity index (χ3n) is 1.83. The van der Waals surface area contributed by atoms with Crippen molar-refractivity contribution in [2.24, 2.45) is 0 Å². The van der Waals surface area contributed by atoms with Crippen LogP contribution in [-0.2, 0) is 14.4 Å². The van der Waals surface area contributed by atoms with Crippen LogP contribution in [0.25, 0.3) is 0 Å². The van der Waals surface area contributed by atoms with E-state index < -0.39 is 23.8 Å². The van der Waals surface area contributed by atoms with E-state index in [-0.39, 0.29) is 6.42 Å². The molecule has 0 saturated carbocycles. The van der Waals surface area contributed by atoms with Crippen molar-refractivity contribution in [3.63, 3.8) is 0 Å². The lowest BCUT2D eigenvalue weighted by atomic mass is 10.2. The molecule has 1 heterocycles. The molecule has 5 nitrogen and oxygen atoms in total. The van der Waals surface area contributed by atoms with Gasteiger partial charge in [0.05, 0.1) is 0 Å². The molecule has 1 atom stereocenters. The molecule has 0 aliphatic carbocycles. The fourth-order valence-corrected chi connectivity index (χ4v) is 1.19. The first kappa shape index (κ1) is 9.44. The minimum Gasteiger partial charge on any atom is -0.480 e. The molecule has 1 N–H and O–H groups in total. The van der Waals surface area contributed by atoms with Crippen LogP contribution in [0.4, 0.5) is 0 Å². The van der Waals surface area contributed by atoms with Gasteiger partial charge in [0.1, 0.15) is 6.04 Å². The molecular formula is C8H9NO4. The zero-order valence-electron chi connectivity index (χ0n) is 7.06. The molecule has 0 bridgehead atoms. The van der Waals surface area contributed by atoms with Crippen molar-refractivity contribution in [1.29, 1.82) is 0 Å². The van der Waals surface area contributed by atoms with Crippen molar-refractivity contribution in [3.05, 3.63) is 12.2 Å². The molecule has 13 heavy (non-hydrogen) atoms. The average molecular weight is 183 g/mol. The van der Waals surface area contributed by atoms with Gasteiger partial charge in [-0.3, -0.25) is 14.5 Å². The van der Waals surface area contributed by atoms with Gasteiger partial charge in [0.2, 0.25) is 0 Å². The standard InChI is InChI=1S/C8H9NO4/c1-2-5(8(12)13)9-6(10)3-4-7(9)11/h3-5H,2H2,1H3,(H,12,13).